The smallest absolute Gasteiger partial charge is 0.303 e. The van der Waals surface area contributed by atoms with Crippen LogP contribution in [0.25, 0.3) is 0 Å². The number of benzene rings is 1. The van der Waals surface area contributed by atoms with Crippen molar-refractivity contribution in [2.75, 3.05) is 18.5 Å². The second-order valence-electron chi connectivity index (χ2n) is 7.77. The molecule has 26 heavy (non-hydrogen) atoms. The van der Waals surface area contributed by atoms with Crippen LogP contribution in [0.3, 0.4) is 0 Å². The molecule has 1 aromatic carbocycles. The van der Waals surface area contributed by atoms with Crippen molar-refractivity contribution in [3.8, 4) is 0 Å². The molecule has 2 spiro atoms. The molecule has 2 saturated carbocycles. The Bertz CT molecular complexity index is 699. The molecule has 1 saturated heterocycles. The fraction of sp³-hybridized carbons (Fsp3) is 0.600. The van der Waals surface area contributed by atoms with E-state index in [1.807, 2.05) is 42.3 Å². The lowest BCUT2D eigenvalue weighted by Crippen LogP contribution is -2.63. The third-order valence-corrected chi connectivity index (χ3v) is 5.98. The number of carbonyl (C=O) groups excluding carboxylic acids is 2. The molecule has 1 aliphatic heterocycles. The minimum Gasteiger partial charge on any atom is -0.459 e. The maximum absolute atomic E-state index is 13.2. The first-order valence-electron chi connectivity index (χ1n) is 9.40. The van der Waals surface area contributed by atoms with E-state index in [0.29, 0.717) is 19.0 Å². The summed E-state index contributed by atoms with van der Waals surface area (Å²) in [5.41, 5.74) is -0.498. The summed E-state index contributed by atoms with van der Waals surface area (Å²) in [4.78, 5) is 26.5. The Morgan fingerprint density at radius 1 is 1.27 bits per heavy atom. The second-order valence-corrected chi connectivity index (χ2v) is 7.77. The van der Waals surface area contributed by atoms with Gasteiger partial charge in [-0.25, -0.2) is 0 Å². The predicted octanol–water partition coefficient (Wildman–Crippen LogP) is 2.02. The van der Waals surface area contributed by atoms with Crippen molar-refractivity contribution < 1.29 is 19.1 Å². The summed E-state index contributed by atoms with van der Waals surface area (Å²) in [5, 5.41) is 3.34. The van der Waals surface area contributed by atoms with Crippen molar-refractivity contribution in [1.29, 1.82) is 0 Å². The number of hydrogen-bond acceptors (Lipinski definition) is 5. The van der Waals surface area contributed by atoms with Crippen molar-refractivity contribution in [3.63, 3.8) is 0 Å². The van der Waals surface area contributed by atoms with E-state index in [1.165, 1.54) is 6.92 Å². The third kappa shape index (κ3) is 2.91. The minimum atomic E-state index is -1.01. The van der Waals surface area contributed by atoms with Gasteiger partial charge < -0.3 is 19.7 Å². The number of nitrogens with zero attached hydrogens (tertiary/aromatic N) is 1. The zero-order chi connectivity index (χ0) is 18.4. The van der Waals surface area contributed by atoms with E-state index in [2.05, 4.69) is 5.32 Å². The first kappa shape index (κ1) is 17.5. The minimum absolute atomic E-state index is 0.0867. The highest BCUT2D eigenvalue weighted by molar-refractivity contribution is 6.03. The molecule has 6 nitrogen and oxygen atoms in total. The van der Waals surface area contributed by atoms with Gasteiger partial charge in [0.15, 0.2) is 5.60 Å². The Morgan fingerprint density at radius 3 is 2.58 bits per heavy atom. The molecular formula is C20H26N2O4. The lowest BCUT2D eigenvalue weighted by Gasteiger charge is -2.49. The first-order valence-corrected chi connectivity index (χ1v) is 9.40. The molecule has 3 fully saturated rings. The number of amides is 1. The number of rotatable bonds is 3. The summed E-state index contributed by atoms with van der Waals surface area (Å²) in [6.07, 6.45) is 3.79. The van der Waals surface area contributed by atoms with Crippen LogP contribution < -0.4 is 10.2 Å². The van der Waals surface area contributed by atoms with Crippen LogP contribution in [0, 0.1) is 0 Å². The van der Waals surface area contributed by atoms with Gasteiger partial charge in [0.1, 0.15) is 6.10 Å². The summed E-state index contributed by atoms with van der Waals surface area (Å²) in [6, 6.07) is 10.2. The molecule has 6 heteroatoms. The quantitative estimate of drug-likeness (QED) is 0.838. The first-order chi connectivity index (χ1) is 12.5. The monoisotopic (exact) mass is 358 g/mol. The molecule has 0 bridgehead atoms. The van der Waals surface area contributed by atoms with E-state index in [4.69, 9.17) is 9.47 Å². The van der Waals surface area contributed by atoms with Gasteiger partial charge in [0.25, 0.3) is 5.91 Å². The van der Waals surface area contributed by atoms with Crippen LogP contribution in [0.2, 0.25) is 0 Å². The number of esters is 1. The van der Waals surface area contributed by atoms with E-state index in [0.717, 1.165) is 31.4 Å². The zero-order valence-corrected chi connectivity index (χ0v) is 15.4. The van der Waals surface area contributed by atoms with Crippen LogP contribution in [0.5, 0.6) is 0 Å². The maximum Gasteiger partial charge on any atom is 0.303 e. The van der Waals surface area contributed by atoms with E-state index >= 15 is 0 Å². The number of carbonyl (C=O) groups is 2. The number of para-hydroxylation sites is 1. The molecule has 1 aromatic rings. The normalized spacial score (nSPS) is 36.4. The van der Waals surface area contributed by atoms with Gasteiger partial charge in [0.2, 0.25) is 0 Å². The van der Waals surface area contributed by atoms with Gasteiger partial charge in [0.05, 0.1) is 12.1 Å². The van der Waals surface area contributed by atoms with Gasteiger partial charge in [-0.3, -0.25) is 9.59 Å². The van der Waals surface area contributed by atoms with Crippen molar-refractivity contribution in [2.24, 2.45) is 0 Å². The Hall–Kier alpha value is -1.92. The van der Waals surface area contributed by atoms with Crippen molar-refractivity contribution >= 4 is 17.6 Å². The summed E-state index contributed by atoms with van der Waals surface area (Å²) in [6.45, 7) is 1.93. The molecule has 140 valence electrons. The van der Waals surface area contributed by atoms with Crippen LogP contribution in [0.4, 0.5) is 5.69 Å². The van der Waals surface area contributed by atoms with Crippen LogP contribution in [-0.4, -0.2) is 48.8 Å². The van der Waals surface area contributed by atoms with E-state index in [9.17, 15) is 9.59 Å². The number of morpholine rings is 1. The Morgan fingerprint density at radius 2 is 1.96 bits per heavy atom. The standard InChI is InChI=1S/C20H26N2O4/c1-14(23)25-17-12-20(17)18(24)22(16-6-4-3-5-7-16)13-19(26-20)10-8-15(21-2)9-11-19/h3-7,15,17,21H,8-13H2,1-2H3/t15-,17?,19-,20?. The molecule has 4 rings (SSSR count). The van der Waals surface area contributed by atoms with Crippen molar-refractivity contribution in [2.45, 2.75) is 62.4 Å². The summed E-state index contributed by atoms with van der Waals surface area (Å²) < 4.78 is 11.8. The van der Waals surface area contributed by atoms with E-state index in [-0.39, 0.29) is 17.5 Å². The van der Waals surface area contributed by atoms with Crippen LogP contribution in [0.15, 0.2) is 30.3 Å². The largest absolute Gasteiger partial charge is 0.459 e. The van der Waals surface area contributed by atoms with Crippen molar-refractivity contribution in [3.05, 3.63) is 30.3 Å². The van der Waals surface area contributed by atoms with E-state index < -0.39 is 11.7 Å². The van der Waals surface area contributed by atoms with Gasteiger partial charge >= 0.3 is 5.97 Å². The van der Waals surface area contributed by atoms with Crippen molar-refractivity contribution in [1.82, 2.24) is 5.32 Å². The predicted molar refractivity (Wildman–Crippen MR) is 96.8 cm³/mol. The summed E-state index contributed by atoms with van der Waals surface area (Å²) >= 11 is 0. The van der Waals surface area contributed by atoms with Gasteiger partial charge in [-0.1, -0.05) is 18.2 Å². The Balaban J connectivity index is 1.64. The molecule has 0 radical (unpaired) electrons. The number of hydrogen-bond donors (Lipinski definition) is 1. The topological polar surface area (TPSA) is 67.9 Å². The summed E-state index contributed by atoms with van der Waals surface area (Å²) in [7, 11) is 1.99. The molecule has 2 aliphatic carbocycles. The van der Waals surface area contributed by atoms with Gasteiger partial charge in [-0.05, 0) is 44.9 Å². The lowest BCUT2D eigenvalue weighted by atomic mass is 9.80. The lowest BCUT2D eigenvalue weighted by molar-refractivity contribution is -0.180. The average molecular weight is 358 g/mol. The number of ether oxygens (including phenoxy) is 2. The molecule has 3 aliphatic rings. The molecular weight excluding hydrogens is 332 g/mol. The van der Waals surface area contributed by atoms with Crippen LogP contribution >= 0.6 is 0 Å². The molecule has 0 aromatic heterocycles. The number of anilines is 1. The molecule has 2 atom stereocenters. The molecule has 2 unspecified atom stereocenters. The fourth-order valence-electron chi connectivity index (χ4n) is 4.45. The zero-order valence-electron chi connectivity index (χ0n) is 15.4. The van der Waals surface area contributed by atoms with E-state index in [1.54, 1.807) is 0 Å². The molecule has 1 amide bonds. The Kier molecular flexibility index (Phi) is 4.28. The van der Waals surface area contributed by atoms with Crippen LogP contribution in [0.1, 0.15) is 39.0 Å². The highest BCUT2D eigenvalue weighted by atomic mass is 16.6. The SMILES string of the molecule is CN[C@H]1CC[C@]2(CC1)CN(c1ccccc1)C(=O)C1(CC1OC(C)=O)O2. The van der Waals surface area contributed by atoms with Crippen LogP contribution in [-0.2, 0) is 19.1 Å². The maximum atomic E-state index is 13.2. The Labute approximate surface area is 153 Å². The highest BCUT2D eigenvalue weighted by Crippen LogP contribution is 2.53. The summed E-state index contributed by atoms with van der Waals surface area (Å²) in [5.74, 6) is -0.454. The fourth-order valence-corrected chi connectivity index (χ4v) is 4.45. The average Bonchev–Trinajstić information content (AvgIpc) is 3.31. The molecule has 1 heterocycles. The number of nitrogens with one attached hydrogen (secondary N) is 1. The van der Waals surface area contributed by atoms with Gasteiger partial charge in [-0.2, -0.15) is 0 Å². The van der Waals surface area contributed by atoms with Gasteiger partial charge in [0, 0.05) is 25.1 Å². The highest BCUT2D eigenvalue weighted by Gasteiger charge is 2.71. The molecule has 1 N–H and O–H groups in total. The second kappa shape index (κ2) is 6.35. The third-order valence-electron chi connectivity index (χ3n) is 5.98. The van der Waals surface area contributed by atoms with Gasteiger partial charge in [-0.15, -0.1) is 0 Å².